The van der Waals surface area contributed by atoms with Gasteiger partial charge in [0.25, 0.3) is 0 Å². The molecule has 2 unspecified atom stereocenters. The molecule has 0 amide bonds. The number of hydrogen-bond acceptors (Lipinski definition) is 2. The third-order valence-corrected chi connectivity index (χ3v) is 3.10. The lowest BCUT2D eigenvalue weighted by molar-refractivity contribution is -0.137. The molecule has 0 aromatic heterocycles. The first-order valence-electron chi connectivity index (χ1n) is 4.17. The number of ketones is 1. The van der Waals surface area contributed by atoms with E-state index in [2.05, 4.69) is 0 Å². The third-order valence-electron chi connectivity index (χ3n) is 3.10. The maximum absolute atomic E-state index is 11.4. The van der Waals surface area contributed by atoms with Crippen LogP contribution in [0.5, 0.6) is 0 Å². The highest BCUT2D eigenvalue weighted by Crippen LogP contribution is 2.37. The lowest BCUT2D eigenvalue weighted by atomic mass is 9.67. The van der Waals surface area contributed by atoms with Crippen LogP contribution in [0.15, 0.2) is 0 Å². The smallest absolute Gasteiger partial charge is 0.138 e. The van der Waals surface area contributed by atoms with Gasteiger partial charge in [-0.05, 0) is 12.3 Å². The van der Waals surface area contributed by atoms with E-state index >= 15 is 0 Å². The molecule has 0 saturated heterocycles. The standard InChI is InChI=1S/C9H16O2/c1-6-7(10)4-5-8(11)9(6,2)3/h6-7,10H,4-5H2,1-3H3. The van der Waals surface area contributed by atoms with Gasteiger partial charge < -0.3 is 5.11 Å². The monoisotopic (exact) mass is 156 g/mol. The van der Waals surface area contributed by atoms with Gasteiger partial charge in [-0.15, -0.1) is 0 Å². The molecule has 0 aromatic carbocycles. The van der Waals surface area contributed by atoms with E-state index in [0.717, 1.165) is 0 Å². The summed E-state index contributed by atoms with van der Waals surface area (Å²) >= 11 is 0. The molecule has 0 bridgehead atoms. The van der Waals surface area contributed by atoms with Gasteiger partial charge in [-0.3, -0.25) is 4.79 Å². The quantitative estimate of drug-likeness (QED) is 0.575. The molecular formula is C9H16O2. The van der Waals surface area contributed by atoms with Gasteiger partial charge in [0.05, 0.1) is 6.10 Å². The Labute approximate surface area is 67.6 Å². The molecule has 1 fully saturated rings. The van der Waals surface area contributed by atoms with Crippen LogP contribution in [0.1, 0.15) is 33.6 Å². The van der Waals surface area contributed by atoms with Crippen LogP contribution in [-0.2, 0) is 4.79 Å². The third kappa shape index (κ3) is 1.32. The molecule has 2 nitrogen and oxygen atoms in total. The van der Waals surface area contributed by atoms with E-state index in [1.54, 1.807) is 0 Å². The maximum Gasteiger partial charge on any atom is 0.138 e. The highest BCUT2D eigenvalue weighted by molar-refractivity contribution is 5.85. The number of rotatable bonds is 0. The molecule has 0 aromatic rings. The number of carbonyl (C=O) groups excluding carboxylic acids is 1. The lowest BCUT2D eigenvalue weighted by Gasteiger charge is -2.38. The van der Waals surface area contributed by atoms with E-state index in [-0.39, 0.29) is 23.2 Å². The Morgan fingerprint density at radius 3 is 2.55 bits per heavy atom. The molecule has 0 radical (unpaired) electrons. The second-order valence-corrected chi connectivity index (χ2v) is 4.04. The van der Waals surface area contributed by atoms with Crippen molar-refractivity contribution in [3.8, 4) is 0 Å². The van der Waals surface area contributed by atoms with Crippen molar-refractivity contribution in [2.24, 2.45) is 11.3 Å². The summed E-state index contributed by atoms with van der Waals surface area (Å²) in [6.45, 7) is 5.78. The Balaban J connectivity index is 2.80. The average molecular weight is 156 g/mol. The molecule has 1 aliphatic rings. The summed E-state index contributed by atoms with van der Waals surface area (Å²) in [6, 6.07) is 0. The number of carbonyl (C=O) groups is 1. The Morgan fingerprint density at radius 1 is 1.55 bits per heavy atom. The second kappa shape index (κ2) is 2.59. The van der Waals surface area contributed by atoms with Crippen LogP contribution in [0.25, 0.3) is 0 Å². The SMILES string of the molecule is CC1C(O)CCC(=O)C1(C)C. The summed E-state index contributed by atoms with van der Waals surface area (Å²) in [5.41, 5.74) is -0.322. The summed E-state index contributed by atoms with van der Waals surface area (Å²) in [6.07, 6.45) is 0.893. The second-order valence-electron chi connectivity index (χ2n) is 4.04. The molecule has 0 heterocycles. The highest BCUT2D eigenvalue weighted by atomic mass is 16.3. The minimum Gasteiger partial charge on any atom is -0.393 e. The predicted molar refractivity (Wildman–Crippen MR) is 43.2 cm³/mol. The minimum atomic E-state index is -0.322. The van der Waals surface area contributed by atoms with Gasteiger partial charge in [0.15, 0.2) is 0 Å². The van der Waals surface area contributed by atoms with Gasteiger partial charge in [0, 0.05) is 11.8 Å². The first kappa shape index (κ1) is 8.72. The highest BCUT2D eigenvalue weighted by Gasteiger charge is 2.41. The largest absolute Gasteiger partial charge is 0.393 e. The topological polar surface area (TPSA) is 37.3 Å². The van der Waals surface area contributed by atoms with Gasteiger partial charge in [-0.2, -0.15) is 0 Å². The Bertz CT molecular complexity index is 172. The molecule has 1 rings (SSSR count). The predicted octanol–water partition coefficient (Wildman–Crippen LogP) is 1.37. The summed E-state index contributed by atoms with van der Waals surface area (Å²) in [7, 11) is 0. The van der Waals surface area contributed by atoms with Crippen LogP contribution in [-0.4, -0.2) is 17.0 Å². The molecule has 64 valence electrons. The normalized spacial score (nSPS) is 37.3. The van der Waals surface area contributed by atoms with Crippen molar-refractivity contribution in [2.45, 2.75) is 39.7 Å². The van der Waals surface area contributed by atoms with Crippen LogP contribution in [0.2, 0.25) is 0 Å². The van der Waals surface area contributed by atoms with Gasteiger partial charge >= 0.3 is 0 Å². The summed E-state index contributed by atoms with van der Waals surface area (Å²) in [5.74, 6) is 0.388. The number of hydrogen-bond donors (Lipinski definition) is 1. The van der Waals surface area contributed by atoms with E-state index in [0.29, 0.717) is 12.8 Å². The molecule has 1 saturated carbocycles. The molecule has 1 aliphatic carbocycles. The van der Waals surface area contributed by atoms with Crippen LogP contribution in [0, 0.1) is 11.3 Å². The summed E-state index contributed by atoms with van der Waals surface area (Å²) < 4.78 is 0. The zero-order valence-electron chi connectivity index (χ0n) is 7.42. The molecular weight excluding hydrogens is 140 g/mol. The van der Waals surface area contributed by atoms with Crippen molar-refractivity contribution in [3.63, 3.8) is 0 Å². The van der Waals surface area contributed by atoms with Crippen molar-refractivity contribution < 1.29 is 9.90 Å². The van der Waals surface area contributed by atoms with Crippen molar-refractivity contribution in [1.82, 2.24) is 0 Å². The zero-order valence-corrected chi connectivity index (χ0v) is 7.42. The van der Waals surface area contributed by atoms with Crippen molar-refractivity contribution in [1.29, 1.82) is 0 Å². The molecule has 1 N–H and O–H groups in total. The number of aliphatic hydroxyl groups is 1. The van der Waals surface area contributed by atoms with Gasteiger partial charge in [-0.1, -0.05) is 20.8 Å². The Morgan fingerprint density at radius 2 is 2.09 bits per heavy atom. The van der Waals surface area contributed by atoms with Crippen molar-refractivity contribution >= 4 is 5.78 Å². The van der Waals surface area contributed by atoms with E-state index in [1.165, 1.54) is 0 Å². The summed E-state index contributed by atoms with van der Waals surface area (Å²) in [5, 5.41) is 9.48. The van der Waals surface area contributed by atoms with E-state index in [1.807, 2.05) is 20.8 Å². The fraction of sp³-hybridized carbons (Fsp3) is 0.889. The Hall–Kier alpha value is -0.370. The average Bonchev–Trinajstić information content (AvgIpc) is 1.95. The van der Waals surface area contributed by atoms with E-state index < -0.39 is 0 Å². The van der Waals surface area contributed by atoms with Crippen molar-refractivity contribution in [3.05, 3.63) is 0 Å². The van der Waals surface area contributed by atoms with E-state index in [4.69, 9.17) is 0 Å². The molecule has 2 heteroatoms. The van der Waals surface area contributed by atoms with Crippen LogP contribution in [0.3, 0.4) is 0 Å². The molecule has 0 aliphatic heterocycles. The molecule has 0 spiro atoms. The molecule has 2 atom stereocenters. The van der Waals surface area contributed by atoms with Crippen LogP contribution >= 0.6 is 0 Å². The van der Waals surface area contributed by atoms with Gasteiger partial charge in [0.2, 0.25) is 0 Å². The van der Waals surface area contributed by atoms with Gasteiger partial charge in [-0.25, -0.2) is 0 Å². The minimum absolute atomic E-state index is 0.101. The van der Waals surface area contributed by atoms with Crippen molar-refractivity contribution in [2.75, 3.05) is 0 Å². The first-order chi connectivity index (χ1) is 4.96. The first-order valence-corrected chi connectivity index (χ1v) is 4.17. The van der Waals surface area contributed by atoms with E-state index in [9.17, 15) is 9.90 Å². The molecule has 11 heavy (non-hydrogen) atoms. The fourth-order valence-corrected chi connectivity index (χ4v) is 1.59. The Kier molecular flexibility index (Phi) is 2.06. The van der Waals surface area contributed by atoms with Gasteiger partial charge in [0.1, 0.15) is 5.78 Å². The lowest BCUT2D eigenvalue weighted by Crippen LogP contribution is -2.43. The maximum atomic E-state index is 11.4. The number of aliphatic hydroxyl groups excluding tert-OH is 1. The fourth-order valence-electron chi connectivity index (χ4n) is 1.59. The zero-order chi connectivity index (χ0) is 8.65. The summed E-state index contributed by atoms with van der Waals surface area (Å²) in [4.78, 5) is 11.4. The van der Waals surface area contributed by atoms with Crippen LogP contribution in [0.4, 0.5) is 0 Å². The number of Topliss-reactive ketones (excluding diaryl/α,β-unsaturated/α-hetero) is 1. The van der Waals surface area contributed by atoms with Crippen LogP contribution < -0.4 is 0 Å².